The van der Waals surface area contributed by atoms with E-state index in [0.29, 0.717) is 12.6 Å². The summed E-state index contributed by atoms with van der Waals surface area (Å²) in [5, 5.41) is 3.36. The van der Waals surface area contributed by atoms with Gasteiger partial charge in [-0.25, -0.2) is 4.98 Å². The van der Waals surface area contributed by atoms with Crippen LogP contribution in [0.5, 0.6) is 0 Å². The molecule has 0 radical (unpaired) electrons. The van der Waals surface area contributed by atoms with Gasteiger partial charge >= 0.3 is 0 Å². The van der Waals surface area contributed by atoms with Crippen LogP contribution in [-0.4, -0.2) is 54.8 Å². The Bertz CT molecular complexity index is 377. The largest absolute Gasteiger partial charge is 0.383 e. The second-order valence-corrected chi connectivity index (χ2v) is 5.09. The standard InChI is InChI=1S/C13H24N4O/c1-11-9-17(12-5-4-7-16(2)10-12)13(15-11)14-6-8-18-3/h9,12H,4-8,10H2,1-3H3,(H,14,15). The van der Waals surface area contributed by atoms with Crippen LogP contribution in [0.25, 0.3) is 0 Å². The maximum absolute atomic E-state index is 5.07. The molecule has 0 saturated carbocycles. The minimum absolute atomic E-state index is 0.537. The lowest BCUT2D eigenvalue weighted by atomic mass is 10.1. The number of nitrogens with zero attached hydrogens (tertiary/aromatic N) is 3. The van der Waals surface area contributed by atoms with Crippen LogP contribution in [0.4, 0.5) is 5.95 Å². The first-order valence-electron chi connectivity index (χ1n) is 6.67. The van der Waals surface area contributed by atoms with Gasteiger partial charge in [-0.1, -0.05) is 0 Å². The predicted molar refractivity (Wildman–Crippen MR) is 73.1 cm³/mol. The van der Waals surface area contributed by atoms with E-state index < -0.39 is 0 Å². The third-order valence-corrected chi connectivity index (χ3v) is 3.44. The first kappa shape index (κ1) is 13.4. The Balaban J connectivity index is 2.05. The zero-order valence-electron chi connectivity index (χ0n) is 11.6. The minimum Gasteiger partial charge on any atom is -0.383 e. The van der Waals surface area contributed by atoms with Gasteiger partial charge in [-0.05, 0) is 33.4 Å². The number of piperidine rings is 1. The molecule has 1 aliphatic heterocycles. The van der Waals surface area contributed by atoms with E-state index in [2.05, 4.69) is 33.0 Å². The third-order valence-electron chi connectivity index (χ3n) is 3.44. The second kappa shape index (κ2) is 6.20. The lowest BCUT2D eigenvalue weighted by Gasteiger charge is -2.31. The third kappa shape index (κ3) is 3.23. The lowest BCUT2D eigenvalue weighted by Crippen LogP contribution is -2.33. The lowest BCUT2D eigenvalue weighted by molar-refractivity contribution is 0.207. The van der Waals surface area contributed by atoms with Crippen LogP contribution in [0.15, 0.2) is 6.20 Å². The van der Waals surface area contributed by atoms with Crippen molar-refractivity contribution in [3.05, 3.63) is 11.9 Å². The number of likely N-dealkylation sites (tertiary alicyclic amines) is 1. The monoisotopic (exact) mass is 252 g/mol. The molecule has 1 aromatic rings. The van der Waals surface area contributed by atoms with E-state index in [9.17, 15) is 0 Å². The maximum atomic E-state index is 5.07. The Hall–Kier alpha value is -1.07. The van der Waals surface area contributed by atoms with E-state index in [-0.39, 0.29) is 0 Å². The van der Waals surface area contributed by atoms with Crippen LogP contribution in [0.3, 0.4) is 0 Å². The summed E-state index contributed by atoms with van der Waals surface area (Å²) in [6.45, 7) is 5.86. The number of nitrogens with one attached hydrogen (secondary N) is 1. The minimum atomic E-state index is 0.537. The zero-order chi connectivity index (χ0) is 13.0. The topological polar surface area (TPSA) is 42.3 Å². The van der Waals surface area contributed by atoms with Gasteiger partial charge in [-0.2, -0.15) is 0 Å². The van der Waals surface area contributed by atoms with Crippen molar-refractivity contribution in [1.29, 1.82) is 0 Å². The van der Waals surface area contributed by atoms with Gasteiger partial charge in [0.05, 0.1) is 12.3 Å². The highest BCUT2D eigenvalue weighted by Crippen LogP contribution is 2.24. The highest BCUT2D eigenvalue weighted by atomic mass is 16.5. The fourth-order valence-electron chi connectivity index (χ4n) is 2.56. The molecule has 0 aliphatic carbocycles. The number of hydrogen-bond donors (Lipinski definition) is 1. The molecular formula is C13H24N4O. The van der Waals surface area contributed by atoms with Gasteiger partial charge in [-0.15, -0.1) is 0 Å². The van der Waals surface area contributed by atoms with Gasteiger partial charge in [0, 0.05) is 32.4 Å². The Morgan fingerprint density at radius 1 is 1.56 bits per heavy atom. The number of imidazole rings is 1. The van der Waals surface area contributed by atoms with Crippen molar-refractivity contribution in [2.24, 2.45) is 0 Å². The molecular weight excluding hydrogens is 228 g/mol. The van der Waals surface area contributed by atoms with Crippen molar-refractivity contribution in [3.8, 4) is 0 Å². The number of hydrogen-bond acceptors (Lipinski definition) is 4. The summed E-state index contributed by atoms with van der Waals surface area (Å²) in [6.07, 6.45) is 4.65. The van der Waals surface area contributed by atoms with Crippen molar-refractivity contribution in [3.63, 3.8) is 0 Å². The normalized spacial score (nSPS) is 21.2. The first-order valence-corrected chi connectivity index (χ1v) is 6.67. The molecule has 1 unspecified atom stereocenters. The maximum Gasteiger partial charge on any atom is 0.203 e. The van der Waals surface area contributed by atoms with Gasteiger partial charge in [0.25, 0.3) is 0 Å². The molecule has 0 aromatic carbocycles. The summed E-state index contributed by atoms with van der Waals surface area (Å²) in [7, 11) is 3.91. The fraction of sp³-hybridized carbons (Fsp3) is 0.769. The van der Waals surface area contributed by atoms with Crippen LogP contribution in [0.1, 0.15) is 24.6 Å². The zero-order valence-corrected chi connectivity index (χ0v) is 11.6. The summed E-state index contributed by atoms with van der Waals surface area (Å²) in [6, 6.07) is 0.537. The quantitative estimate of drug-likeness (QED) is 0.807. The molecule has 5 nitrogen and oxygen atoms in total. The molecule has 1 aliphatic rings. The van der Waals surface area contributed by atoms with Gasteiger partial charge in [0.1, 0.15) is 0 Å². The molecule has 0 bridgehead atoms. The van der Waals surface area contributed by atoms with Crippen LogP contribution in [-0.2, 0) is 4.74 Å². The highest BCUT2D eigenvalue weighted by Gasteiger charge is 2.21. The number of anilines is 1. The SMILES string of the molecule is COCCNc1nc(C)cn1C1CCCN(C)C1. The summed E-state index contributed by atoms with van der Waals surface area (Å²) in [5.41, 5.74) is 1.07. The number of likely N-dealkylation sites (N-methyl/N-ethyl adjacent to an activating group) is 1. The molecule has 0 amide bonds. The predicted octanol–water partition coefficient (Wildman–Crippen LogP) is 1.52. The van der Waals surface area contributed by atoms with Crippen molar-refractivity contribution >= 4 is 5.95 Å². The van der Waals surface area contributed by atoms with Crippen LogP contribution >= 0.6 is 0 Å². The smallest absolute Gasteiger partial charge is 0.203 e. The fourth-order valence-corrected chi connectivity index (χ4v) is 2.56. The number of rotatable bonds is 5. The Morgan fingerprint density at radius 3 is 3.11 bits per heavy atom. The van der Waals surface area contributed by atoms with Crippen molar-refractivity contribution in [2.75, 3.05) is 45.7 Å². The molecule has 5 heteroatoms. The molecule has 2 heterocycles. The number of ether oxygens (including phenoxy) is 1. The van der Waals surface area contributed by atoms with Gasteiger partial charge in [0.15, 0.2) is 0 Å². The summed E-state index contributed by atoms with van der Waals surface area (Å²) < 4.78 is 7.36. The molecule has 0 spiro atoms. The molecule has 102 valence electrons. The van der Waals surface area contributed by atoms with Crippen LogP contribution < -0.4 is 5.32 Å². The van der Waals surface area contributed by atoms with E-state index >= 15 is 0 Å². The van der Waals surface area contributed by atoms with E-state index in [0.717, 1.165) is 24.7 Å². The van der Waals surface area contributed by atoms with Gasteiger partial charge in [0.2, 0.25) is 5.95 Å². The van der Waals surface area contributed by atoms with Gasteiger partial charge in [-0.3, -0.25) is 0 Å². The average molecular weight is 252 g/mol. The number of aryl methyl sites for hydroxylation is 1. The van der Waals surface area contributed by atoms with Crippen LogP contribution in [0.2, 0.25) is 0 Å². The van der Waals surface area contributed by atoms with Crippen molar-refractivity contribution in [2.45, 2.75) is 25.8 Å². The second-order valence-electron chi connectivity index (χ2n) is 5.09. The molecule has 18 heavy (non-hydrogen) atoms. The summed E-state index contributed by atoms with van der Waals surface area (Å²) in [4.78, 5) is 6.95. The Labute approximate surface area is 109 Å². The van der Waals surface area contributed by atoms with Crippen molar-refractivity contribution in [1.82, 2.24) is 14.5 Å². The van der Waals surface area contributed by atoms with E-state index in [4.69, 9.17) is 4.74 Å². The van der Waals surface area contributed by atoms with E-state index in [1.807, 2.05) is 6.92 Å². The van der Waals surface area contributed by atoms with Crippen molar-refractivity contribution < 1.29 is 4.74 Å². The molecule has 2 rings (SSSR count). The van der Waals surface area contributed by atoms with E-state index in [1.165, 1.54) is 19.4 Å². The molecule has 1 aromatic heterocycles. The Morgan fingerprint density at radius 2 is 2.39 bits per heavy atom. The average Bonchev–Trinajstić information content (AvgIpc) is 2.71. The first-order chi connectivity index (χ1) is 8.70. The summed E-state index contributed by atoms with van der Waals surface area (Å²) >= 11 is 0. The molecule has 1 saturated heterocycles. The molecule has 1 atom stereocenters. The highest BCUT2D eigenvalue weighted by molar-refractivity contribution is 5.29. The van der Waals surface area contributed by atoms with Crippen LogP contribution in [0, 0.1) is 6.92 Å². The van der Waals surface area contributed by atoms with Gasteiger partial charge < -0.3 is 19.5 Å². The molecule has 1 N–H and O–H groups in total. The van der Waals surface area contributed by atoms with E-state index in [1.54, 1.807) is 7.11 Å². The number of aromatic nitrogens is 2. The summed E-state index contributed by atoms with van der Waals surface area (Å²) in [5.74, 6) is 0.977. The molecule has 1 fully saturated rings. The number of methoxy groups -OCH3 is 1. The Kier molecular flexibility index (Phi) is 4.60.